The number of amides is 1. The Hall–Kier alpha value is -1.34. The van der Waals surface area contributed by atoms with E-state index in [9.17, 15) is 4.79 Å². The van der Waals surface area contributed by atoms with Crippen LogP contribution in [0.15, 0.2) is 0 Å². The van der Waals surface area contributed by atoms with E-state index in [1.165, 1.54) is 11.3 Å². The standard InChI is InChI=1S/C14H26N4O2S/c1-4-6-17-14-18-12(15)11(21-14)13(19)16-7-9-20-8-5-10(2)3/h10H,4-9,15H2,1-3H3,(H,16,19)(H,17,18). The minimum absolute atomic E-state index is 0.193. The Morgan fingerprint density at radius 1 is 1.38 bits per heavy atom. The maximum Gasteiger partial charge on any atom is 0.265 e. The quantitative estimate of drug-likeness (QED) is 0.577. The highest BCUT2D eigenvalue weighted by Gasteiger charge is 2.15. The molecule has 0 aliphatic rings. The van der Waals surface area contributed by atoms with Gasteiger partial charge in [0.2, 0.25) is 0 Å². The Morgan fingerprint density at radius 3 is 2.81 bits per heavy atom. The van der Waals surface area contributed by atoms with Gasteiger partial charge in [-0.05, 0) is 18.8 Å². The summed E-state index contributed by atoms with van der Waals surface area (Å²) in [7, 11) is 0. The third kappa shape index (κ3) is 6.77. The fraction of sp³-hybridized carbons (Fsp3) is 0.714. The second kappa shape index (κ2) is 9.57. The van der Waals surface area contributed by atoms with Gasteiger partial charge in [0.05, 0.1) is 6.61 Å². The Labute approximate surface area is 130 Å². The normalized spacial score (nSPS) is 10.9. The van der Waals surface area contributed by atoms with Crippen molar-refractivity contribution < 1.29 is 9.53 Å². The predicted octanol–water partition coefficient (Wildman–Crippen LogP) is 2.34. The molecule has 0 unspecified atom stereocenters. The number of aromatic nitrogens is 1. The first-order chi connectivity index (χ1) is 10.0. The highest BCUT2D eigenvalue weighted by atomic mass is 32.1. The van der Waals surface area contributed by atoms with Crippen LogP contribution in [-0.2, 0) is 4.74 Å². The summed E-state index contributed by atoms with van der Waals surface area (Å²) in [5, 5.41) is 6.61. The lowest BCUT2D eigenvalue weighted by atomic mass is 10.1. The number of carbonyl (C=O) groups excluding carboxylic acids is 1. The van der Waals surface area contributed by atoms with Crippen LogP contribution >= 0.6 is 11.3 Å². The summed E-state index contributed by atoms with van der Waals surface area (Å²) in [5.41, 5.74) is 5.77. The van der Waals surface area contributed by atoms with Gasteiger partial charge in [0, 0.05) is 19.7 Å². The Balaban J connectivity index is 2.30. The zero-order chi connectivity index (χ0) is 15.7. The lowest BCUT2D eigenvalue weighted by Gasteiger charge is -2.07. The van der Waals surface area contributed by atoms with Crippen LogP contribution in [0, 0.1) is 5.92 Å². The maximum atomic E-state index is 12.0. The minimum Gasteiger partial charge on any atom is -0.382 e. The van der Waals surface area contributed by atoms with Crippen molar-refractivity contribution >= 4 is 28.2 Å². The smallest absolute Gasteiger partial charge is 0.265 e. The van der Waals surface area contributed by atoms with Gasteiger partial charge in [-0.1, -0.05) is 32.1 Å². The van der Waals surface area contributed by atoms with Crippen molar-refractivity contribution in [3.63, 3.8) is 0 Å². The van der Waals surface area contributed by atoms with E-state index in [4.69, 9.17) is 10.5 Å². The van der Waals surface area contributed by atoms with Crippen molar-refractivity contribution in [1.29, 1.82) is 0 Å². The molecule has 6 nitrogen and oxygen atoms in total. The van der Waals surface area contributed by atoms with E-state index < -0.39 is 0 Å². The Bertz CT molecular complexity index is 435. The number of carbonyl (C=O) groups is 1. The third-order valence-corrected chi connectivity index (χ3v) is 3.78. The fourth-order valence-electron chi connectivity index (χ4n) is 1.54. The van der Waals surface area contributed by atoms with Crippen molar-refractivity contribution in [1.82, 2.24) is 10.3 Å². The molecule has 0 aliphatic heterocycles. The summed E-state index contributed by atoms with van der Waals surface area (Å²) in [6.07, 6.45) is 2.02. The van der Waals surface area contributed by atoms with Crippen molar-refractivity contribution in [2.75, 3.05) is 37.4 Å². The first-order valence-corrected chi connectivity index (χ1v) is 8.22. The topological polar surface area (TPSA) is 89.3 Å². The number of ether oxygens (including phenoxy) is 1. The fourth-order valence-corrected chi connectivity index (χ4v) is 2.37. The van der Waals surface area contributed by atoms with Crippen LogP contribution in [0.2, 0.25) is 0 Å². The molecular formula is C14H26N4O2S. The number of nitrogen functional groups attached to an aromatic ring is 1. The number of rotatable bonds is 10. The molecule has 7 heteroatoms. The molecule has 1 aromatic heterocycles. The summed E-state index contributed by atoms with van der Waals surface area (Å²) >= 11 is 1.28. The van der Waals surface area contributed by atoms with Crippen molar-refractivity contribution in [3.8, 4) is 0 Å². The number of nitrogens with one attached hydrogen (secondary N) is 2. The molecule has 0 radical (unpaired) electrons. The average molecular weight is 314 g/mol. The molecule has 0 fully saturated rings. The summed E-state index contributed by atoms with van der Waals surface area (Å²) in [5.74, 6) is 0.712. The van der Waals surface area contributed by atoms with Crippen LogP contribution in [0.5, 0.6) is 0 Å². The summed E-state index contributed by atoms with van der Waals surface area (Å²) in [6, 6.07) is 0. The molecule has 0 atom stereocenters. The van der Waals surface area contributed by atoms with Crippen LogP contribution in [0.25, 0.3) is 0 Å². The molecule has 21 heavy (non-hydrogen) atoms. The van der Waals surface area contributed by atoms with E-state index in [0.717, 1.165) is 26.0 Å². The van der Waals surface area contributed by atoms with Gasteiger partial charge in [-0.2, -0.15) is 0 Å². The van der Waals surface area contributed by atoms with Gasteiger partial charge < -0.3 is 21.1 Å². The molecular weight excluding hydrogens is 288 g/mol. The van der Waals surface area contributed by atoms with Crippen LogP contribution in [0.3, 0.4) is 0 Å². The van der Waals surface area contributed by atoms with Crippen LogP contribution in [0.1, 0.15) is 43.3 Å². The average Bonchev–Trinajstić information content (AvgIpc) is 2.81. The molecule has 0 aromatic carbocycles. The molecule has 1 aromatic rings. The van der Waals surface area contributed by atoms with Gasteiger partial charge in [0.1, 0.15) is 10.7 Å². The lowest BCUT2D eigenvalue weighted by Crippen LogP contribution is -2.27. The molecule has 1 heterocycles. The van der Waals surface area contributed by atoms with Crippen molar-refractivity contribution in [2.24, 2.45) is 5.92 Å². The van der Waals surface area contributed by atoms with E-state index in [1.54, 1.807) is 0 Å². The number of hydrogen-bond acceptors (Lipinski definition) is 6. The first kappa shape index (κ1) is 17.7. The molecule has 1 rings (SSSR count). The van der Waals surface area contributed by atoms with Crippen molar-refractivity contribution in [2.45, 2.75) is 33.6 Å². The van der Waals surface area contributed by atoms with Gasteiger partial charge in [-0.25, -0.2) is 4.98 Å². The molecule has 0 spiro atoms. The van der Waals surface area contributed by atoms with Crippen LogP contribution in [-0.4, -0.2) is 37.2 Å². The van der Waals surface area contributed by atoms with Gasteiger partial charge in [0.15, 0.2) is 5.13 Å². The largest absolute Gasteiger partial charge is 0.382 e. The monoisotopic (exact) mass is 314 g/mol. The van der Waals surface area contributed by atoms with Crippen LogP contribution < -0.4 is 16.4 Å². The molecule has 0 saturated heterocycles. The van der Waals surface area contributed by atoms with Crippen molar-refractivity contribution in [3.05, 3.63) is 4.88 Å². The molecule has 0 bridgehead atoms. The molecule has 0 saturated carbocycles. The van der Waals surface area contributed by atoms with E-state index in [-0.39, 0.29) is 11.7 Å². The first-order valence-electron chi connectivity index (χ1n) is 7.40. The molecule has 0 aliphatic carbocycles. The number of anilines is 2. The summed E-state index contributed by atoms with van der Waals surface area (Å²) in [4.78, 5) is 16.6. The van der Waals surface area contributed by atoms with Gasteiger partial charge in [-0.15, -0.1) is 0 Å². The summed E-state index contributed by atoms with van der Waals surface area (Å²) in [6.45, 7) is 8.91. The van der Waals surface area contributed by atoms with Gasteiger partial charge >= 0.3 is 0 Å². The van der Waals surface area contributed by atoms with Gasteiger partial charge in [-0.3, -0.25) is 4.79 Å². The third-order valence-electron chi connectivity index (χ3n) is 2.76. The summed E-state index contributed by atoms with van der Waals surface area (Å²) < 4.78 is 5.45. The number of nitrogens with zero attached hydrogens (tertiary/aromatic N) is 1. The molecule has 1 amide bonds. The Kier molecular flexibility index (Phi) is 8.07. The maximum absolute atomic E-state index is 12.0. The lowest BCUT2D eigenvalue weighted by molar-refractivity contribution is 0.0910. The number of thiazole rings is 1. The van der Waals surface area contributed by atoms with E-state index in [1.807, 2.05) is 0 Å². The van der Waals surface area contributed by atoms with Gasteiger partial charge in [0.25, 0.3) is 5.91 Å². The SMILES string of the molecule is CCCNc1nc(N)c(C(=O)NCCOCCC(C)C)s1. The molecule has 120 valence electrons. The number of nitrogens with two attached hydrogens (primary N) is 1. The van der Waals surface area contributed by atoms with Crippen LogP contribution in [0.4, 0.5) is 10.9 Å². The highest BCUT2D eigenvalue weighted by molar-refractivity contribution is 7.18. The van der Waals surface area contributed by atoms with E-state index in [0.29, 0.717) is 29.1 Å². The zero-order valence-electron chi connectivity index (χ0n) is 13.1. The zero-order valence-corrected chi connectivity index (χ0v) is 13.9. The van der Waals surface area contributed by atoms with E-state index >= 15 is 0 Å². The molecule has 4 N–H and O–H groups in total. The predicted molar refractivity (Wildman–Crippen MR) is 87.9 cm³/mol. The Morgan fingerprint density at radius 2 is 2.14 bits per heavy atom. The van der Waals surface area contributed by atoms with E-state index in [2.05, 4.69) is 36.4 Å². The number of hydrogen-bond donors (Lipinski definition) is 3. The highest BCUT2D eigenvalue weighted by Crippen LogP contribution is 2.24. The minimum atomic E-state index is -0.193. The second-order valence-electron chi connectivity index (χ2n) is 5.21. The second-order valence-corrected chi connectivity index (χ2v) is 6.21.